The Balaban J connectivity index is 1.79. The van der Waals surface area contributed by atoms with Crippen molar-refractivity contribution in [2.24, 2.45) is 0 Å². The molecule has 3 rings (SSSR count). The average Bonchev–Trinajstić information content (AvgIpc) is 2.63. The highest BCUT2D eigenvalue weighted by molar-refractivity contribution is 5.71. The molecule has 0 fully saturated rings. The fourth-order valence-electron chi connectivity index (χ4n) is 3.10. The Hall–Kier alpha value is -2.41. The van der Waals surface area contributed by atoms with E-state index in [2.05, 4.69) is 31.2 Å². The minimum atomic E-state index is -0.173. The van der Waals surface area contributed by atoms with Crippen LogP contribution in [0.1, 0.15) is 37.3 Å². The summed E-state index contributed by atoms with van der Waals surface area (Å²) in [6.45, 7) is 4.26. The molecule has 0 atom stereocenters. The summed E-state index contributed by atoms with van der Waals surface area (Å²) in [5.41, 5.74) is 6.09. The Morgan fingerprint density at radius 3 is 2.00 bits per heavy atom. The molecule has 0 spiro atoms. The van der Waals surface area contributed by atoms with Gasteiger partial charge in [-0.3, -0.25) is 0 Å². The van der Waals surface area contributed by atoms with Gasteiger partial charge < -0.3 is 0 Å². The van der Waals surface area contributed by atoms with Gasteiger partial charge in [0.15, 0.2) is 0 Å². The Morgan fingerprint density at radius 2 is 1.36 bits per heavy atom. The minimum Gasteiger partial charge on any atom is -0.206 e. The molecule has 0 amide bonds. The first-order valence-electron chi connectivity index (χ1n) is 9.13. The van der Waals surface area contributed by atoms with Crippen LogP contribution in [0, 0.1) is 12.7 Å². The summed E-state index contributed by atoms with van der Waals surface area (Å²) in [5, 5.41) is 0. The number of hydrogen-bond acceptors (Lipinski definition) is 0. The van der Waals surface area contributed by atoms with Gasteiger partial charge in [0, 0.05) is 5.56 Å². The van der Waals surface area contributed by atoms with Gasteiger partial charge in [0.2, 0.25) is 0 Å². The summed E-state index contributed by atoms with van der Waals surface area (Å²) >= 11 is 0. The highest BCUT2D eigenvalue weighted by atomic mass is 19.1. The summed E-state index contributed by atoms with van der Waals surface area (Å²) in [5.74, 6) is -0.173. The summed E-state index contributed by atoms with van der Waals surface area (Å²) in [4.78, 5) is 0. The van der Waals surface area contributed by atoms with Crippen LogP contribution in [0.5, 0.6) is 0 Å². The highest BCUT2D eigenvalue weighted by Crippen LogP contribution is 2.28. The third-order valence-electron chi connectivity index (χ3n) is 4.69. The summed E-state index contributed by atoms with van der Waals surface area (Å²) in [7, 11) is 0. The fraction of sp³-hybridized carbons (Fsp3) is 0.250. The molecule has 0 nitrogen and oxygen atoms in total. The van der Waals surface area contributed by atoms with E-state index in [9.17, 15) is 4.39 Å². The Kier molecular flexibility index (Phi) is 5.65. The van der Waals surface area contributed by atoms with Crippen molar-refractivity contribution in [1.29, 1.82) is 0 Å². The maximum Gasteiger partial charge on any atom is 0.131 e. The molecule has 0 aliphatic heterocycles. The number of hydrogen-bond donors (Lipinski definition) is 0. The van der Waals surface area contributed by atoms with Gasteiger partial charge in [0.05, 0.1) is 0 Å². The van der Waals surface area contributed by atoms with Gasteiger partial charge in [0.25, 0.3) is 0 Å². The van der Waals surface area contributed by atoms with Gasteiger partial charge in [-0.1, -0.05) is 86.0 Å². The van der Waals surface area contributed by atoms with Gasteiger partial charge in [-0.15, -0.1) is 0 Å². The second-order valence-corrected chi connectivity index (χ2v) is 6.71. The predicted molar refractivity (Wildman–Crippen MR) is 105 cm³/mol. The van der Waals surface area contributed by atoms with Crippen molar-refractivity contribution >= 4 is 0 Å². The van der Waals surface area contributed by atoms with Crippen molar-refractivity contribution in [1.82, 2.24) is 0 Å². The van der Waals surface area contributed by atoms with E-state index in [0.29, 0.717) is 5.56 Å². The maximum atomic E-state index is 14.6. The van der Waals surface area contributed by atoms with Gasteiger partial charge in [-0.2, -0.15) is 0 Å². The summed E-state index contributed by atoms with van der Waals surface area (Å²) in [6.07, 6.45) is 4.86. The highest BCUT2D eigenvalue weighted by Gasteiger charge is 2.07. The lowest BCUT2D eigenvalue weighted by atomic mass is 9.98. The number of aryl methyl sites for hydroxylation is 2. The number of rotatable bonds is 6. The first kappa shape index (κ1) is 17.4. The molecule has 0 heterocycles. The van der Waals surface area contributed by atoms with E-state index in [1.54, 1.807) is 6.07 Å². The summed E-state index contributed by atoms with van der Waals surface area (Å²) in [6, 6.07) is 22.0. The number of halogens is 1. The smallest absolute Gasteiger partial charge is 0.131 e. The van der Waals surface area contributed by atoms with E-state index in [1.165, 1.54) is 30.4 Å². The Morgan fingerprint density at radius 1 is 0.720 bits per heavy atom. The molecule has 1 heteroatoms. The van der Waals surface area contributed by atoms with Crippen LogP contribution in [0.3, 0.4) is 0 Å². The van der Waals surface area contributed by atoms with E-state index in [0.717, 1.165) is 23.1 Å². The van der Waals surface area contributed by atoms with E-state index in [4.69, 9.17) is 0 Å². The van der Waals surface area contributed by atoms with Crippen LogP contribution < -0.4 is 0 Å². The monoisotopic (exact) mass is 332 g/mol. The molecule has 0 saturated heterocycles. The van der Waals surface area contributed by atoms with Gasteiger partial charge in [0.1, 0.15) is 5.82 Å². The van der Waals surface area contributed by atoms with Crippen LogP contribution in [-0.4, -0.2) is 0 Å². The predicted octanol–water partition coefficient (Wildman–Crippen LogP) is 7.20. The van der Waals surface area contributed by atoms with Crippen molar-refractivity contribution in [3.05, 3.63) is 83.7 Å². The molecule has 0 radical (unpaired) electrons. The van der Waals surface area contributed by atoms with Gasteiger partial charge in [-0.05, 0) is 48.1 Å². The molecule has 0 saturated carbocycles. The van der Waals surface area contributed by atoms with E-state index in [1.807, 2.05) is 43.3 Å². The van der Waals surface area contributed by atoms with Crippen LogP contribution in [0.2, 0.25) is 0 Å². The molecule has 0 aliphatic rings. The van der Waals surface area contributed by atoms with E-state index < -0.39 is 0 Å². The fourth-order valence-corrected chi connectivity index (χ4v) is 3.10. The molecule has 0 aliphatic carbocycles. The van der Waals surface area contributed by atoms with Crippen LogP contribution >= 0.6 is 0 Å². The average molecular weight is 332 g/mol. The molecule has 0 N–H and O–H groups in total. The molecule has 0 bridgehead atoms. The Labute approximate surface area is 150 Å². The lowest BCUT2D eigenvalue weighted by molar-refractivity contribution is 0.632. The zero-order valence-corrected chi connectivity index (χ0v) is 15.1. The second-order valence-electron chi connectivity index (χ2n) is 6.71. The maximum absolute atomic E-state index is 14.6. The minimum absolute atomic E-state index is 0.173. The van der Waals surface area contributed by atoms with Gasteiger partial charge in [-0.25, -0.2) is 4.39 Å². The van der Waals surface area contributed by atoms with Crippen LogP contribution in [0.4, 0.5) is 4.39 Å². The normalized spacial score (nSPS) is 10.8. The van der Waals surface area contributed by atoms with Crippen molar-refractivity contribution in [2.75, 3.05) is 0 Å². The number of benzene rings is 3. The molecule has 0 unspecified atom stereocenters. The van der Waals surface area contributed by atoms with E-state index >= 15 is 0 Å². The molecule has 3 aromatic carbocycles. The molecule has 0 aromatic heterocycles. The SMILES string of the molecule is CCCCCc1ccc(-c2ccc(-c3ccc(C)cc3)c(F)c2)cc1. The molecular formula is C24H25F. The van der Waals surface area contributed by atoms with Crippen LogP contribution in [0.25, 0.3) is 22.3 Å². The standard InChI is InChI=1S/C24H25F/c1-3-4-5-6-19-9-13-20(14-10-19)22-15-16-23(24(25)17-22)21-11-7-18(2)8-12-21/h7-17H,3-6H2,1-2H3. The van der Waals surface area contributed by atoms with Crippen LogP contribution in [-0.2, 0) is 6.42 Å². The number of unbranched alkanes of at least 4 members (excludes halogenated alkanes) is 2. The van der Waals surface area contributed by atoms with E-state index in [-0.39, 0.29) is 5.82 Å². The van der Waals surface area contributed by atoms with Crippen LogP contribution in [0.15, 0.2) is 66.7 Å². The topological polar surface area (TPSA) is 0 Å². The first-order chi connectivity index (χ1) is 12.2. The van der Waals surface area contributed by atoms with Crippen molar-refractivity contribution in [2.45, 2.75) is 39.5 Å². The zero-order valence-electron chi connectivity index (χ0n) is 15.1. The third-order valence-corrected chi connectivity index (χ3v) is 4.69. The Bertz CT molecular complexity index is 814. The van der Waals surface area contributed by atoms with Gasteiger partial charge >= 0.3 is 0 Å². The largest absolute Gasteiger partial charge is 0.206 e. The molecule has 128 valence electrons. The first-order valence-corrected chi connectivity index (χ1v) is 9.13. The molecule has 3 aromatic rings. The molecular weight excluding hydrogens is 307 g/mol. The lowest BCUT2D eigenvalue weighted by Crippen LogP contribution is -1.88. The molecule has 25 heavy (non-hydrogen) atoms. The lowest BCUT2D eigenvalue weighted by Gasteiger charge is -2.08. The quantitative estimate of drug-likeness (QED) is 0.419. The van der Waals surface area contributed by atoms with Crippen molar-refractivity contribution in [3.8, 4) is 22.3 Å². The van der Waals surface area contributed by atoms with Crippen molar-refractivity contribution < 1.29 is 4.39 Å². The summed E-state index contributed by atoms with van der Waals surface area (Å²) < 4.78 is 14.6. The third kappa shape index (κ3) is 4.36. The zero-order chi connectivity index (χ0) is 17.6. The second kappa shape index (κ2) is 8.11. The van der Waals surface area contributed by atoms with Crippen molar-refractivity contribution in [3.63, 3.8) is 0 Å².